The fraction of sp³-hybridized carbons (Fsp3) is 0.636. The fourth-order valence-corrected chi connectivity index (χ4v) is 1.93. The molecule has 1 aliphatic heterocycles. The van der Waals surface area contributed by atoms with Crippen molar-refractivity contribution in [3.05, 3.63) is 23.6 Å². The molecule has 0 radical (unpaired) electrons. The van der Waals surface area contributed by atoms with Gasteiger partial charge >= 0.3 is 0 Å². The largest absolute Gasteiger partial charge is 0.365 e. The van der Waals surface area contributed by atoms with E-state index in [2.05, 4.69) is 5.32 Å². The number of hydrogen-bond donors (Lipinski definition) is 1. The zero-order valence-corrected chi connectivity index (χ0v) is 9.16. The van der Waals surface area contributed by atoms with Crippen LogP contribution in [-0.2, 0) is 4.74 Å². The Morgan fingerprint density at radius 1 is 1.53 bits per heavy atom. The van der Waals surface area contributed by atoms with Crippen molar-refractivity contribution >= 4 is 0 Å². The van der Waals surface area contributed by atoms with E-state index in [1.165, 1.54) is 0 Å². The number of nitrogens with one attached hydrogen (secondary N) is 1. The Bertz CT molecular complexity index is 301. The molecule has 3 nitrogen and oxygen atoms in total. The van der Waals surface area contributed by atoms with E-state index in [9.17, 15) is 4.39 Å². The van der Waals surface area contributed by atoms with Gasteiger partial charge < -0.3 is 4.74 Å². The Labute approximate surface area is 89.6 Å². The van der Waals surface area contributed by atoms with Crippen LogP contribution in [0.25, 0.3) is 0 Å². The molecule has 4 heteroatoms. The molecule has 2 atom stereocenters. The van der Waals surface area contributed by atoms with Gasteiger partial charge in [-0.1, -0.05) is 6.08 Å². The maximum absolute atomic E-state index is 13.4. The highest BCUT2D eigenvalue weighted by atomic mass is 19.1. The first-order valence-corrected chi connectivity index (χ1v) is 5.22. The Morgan fingerprint density at radius 3 is 3.13 bits per heavy atom. The Hall–Kier alpha value is -0.710. The first-order valence-electron chi connectivity index (χ1n) is 5.22. The second-order valence-corrected chi connectivity index (χ2v) is 4.27. The van der Waals surface area contributed by atoms with Crippen molar-refractivity contribution in [1.82, 2.24) is 10.2 Å². The zero-order chi connectivity index (χ0) is 10.8. The van der Waals surface area contributed by atoms with Gasteiger partial charge in [-0.2, -0.15) is 0 Å². The van der Waals surface area contributed by atoms with Gasteiger partial charge in [-0.25, -0.2) is 4.39 Å². The minimum atomic E-state index is -0.119. The maximum Gasteiger partial charge on any atom is 0.123 e. The molecule has 0 saturated carbocycles. The lowest BCUT2D eigenvalue weighted by Gasteiger charge is -2.32. The number of hydrogen-bond acceptors (Lipinski definition) is 3. The maximum atomic E-state index is 13.4. The highest BCUT2D eigenvalue weighted by Gasteiger charge is 2.25. The van der Waals surface area contributed by atoms with Crippen LogP contribution in [0.15, 0.2) is 23.6 Å². The average Bonchev–Trinajstić information content (AvgIpc) is 2.18. The topological polar surface area (TPSA) is 24.5 Å². The molecule has 2 aliphatic rings. The van der Waals surface area contributed by atoms with Crippen molar-refractivity contribution < 1.29 is 9.13 Å². The lowest BCUT2D eigenvalue weighted by atomic mass is 9.92. The second kappa shape index (κ2) is 4.43. The van der Waals surface area contributed by atoms with Crippen LogP contribution in [0.4, 0.5) is 4.39 Å². The van der Waals surface area contributed by atoms with Crippen molar-refractivity contribution in [2.45, 2.75) is 13.0 Å². The van der Waals surface area contributed by atoms with Crippen molar-refractivity contribution in [1.29, 1.82) is 0 Å². The van der Waals surface area contributed by atoms with E-state index in [1.54, 1.807) is 13.0 Å². The molecule has 1 heterocycles. The second-order valence-electron chi connectivity index (χ2n) is 4.27. The smallest absolute Gasteiger partial charge is 0.123 e. The monoisotopic (exact) mass is 212 g/mol. The first-order chi connectivity index (χ1) is 7.16. The Balaban J connectivity index is 2.10. The third-order valence-electron chi connectivity index (χ3n) is 2.85. The van der Waals surface area contributed by atoms with Gasteiger partial charge in [-0.15, -0.1) is 0 Å². The van der Waals surface area contributed by atoms with Gasteiger partial charge in [0.25, 0.3) is 0 Å². The summed E-state index contributed by atoms with van der Waals surface area (Å²) in [7, 11) is 1.97. The summed E-state index contributed by atoms with van der Waals surface area (Å²) in [5, 5.41) is 3.31. The minimum Gasteiger partial charge on any atom is -0.365 e. The molecule has 1 N–H and O–H groups in total. The molecule has 0 spiro atoms. The predicted molar refractivity (Wildman–Crippen MR) is 56.8 cm³/mol. The fourth-order valence-electron chi connectivity index (χ4n) is 1.93. The molecular formula is C11H17FN2O. The zero-order valence-electron chi connectivity index (χ0n) is 9.16. The van der Waals surface area contributed by atoms with Crippen molar-refractivity contribution in [3.63, 3.8) is 0 Å². The van der Waals surface area contributed by atoms with Crippen LogP contribution in [0, 0.1) is 5.92 Å². The van der Waals surface area contributed by atoms with Gasteiger partial charge in [-0.3, -0.25) is 10.2 Å². The van der Waals surface area contributed by atoms with Gasteiger partial charge in [0.1, 0.15) is 5.83 Å². The average molecular weight is 212 g/mol. The standard InChI is InChI=1S/C11H17FN2O/c1-8-3-9-5-15-7-14(2)6-13-11(9)4-10(8)12/h3-4,9,11,13H,5-7H2,1-2H3. The third-order valence-corrected chi connectivity index (χ3v) is 2.85. The summed E-state index contributed by atoms with van der Waals surface area (Å²) >= 11 is 0. The Kier molecular flexibility index (Phi) is 3.19. The van der Waals surface area contributed by atoms with Crippen molar-refractivity contribution in [2.24, 2.45) is 5.92 Å². The summed E-state index contributed by atoms with van der Waals surface area (Å²) in [6.45, 7) is 3.78. The van der Waals surface area contributed by atoms with Crippen LogP contribution in [0.5, 0.6) is 0 Å². The summed E-state index contributed by atoms with van der Waals surface area (Å²) in [6.07, 6.45) is 3.61. The van der Waals surface area contributed by atoms with Crippen molar-refractivity contribution in [2.75, 3.05) is 27.1 Å². The lowest BCUT2D eigenvalue weighted by molar-refractivity contribution is 0.00483. The molecule has 1 aliphatic carbocycles. The van der Waals surface area contributed by atoms with Crippen LogP contribution in [0.3, 0.4) is 0 Å². The van der Waals surface area contributed by atoms with Gasteiger partial charge in [-0.05, 0) is 25.6 Å². The number of allylic oxidation sites excluding steroid dienone is 2. The molecule has 2 unspecified atom stereocenters. The summed E-state index contributed by atoms with van der Waals surface area (Å²) in [6, 6.07) is 0.0523. The van der Waals surface area contributed by atoms with E-state index < -0.39 is 0 Å². The summed E-state index contributed by atoms with van der Waals surface area (Å²) in [4.78, 5) is 2.02. The number of rotatable bonds is 0. The molecule has 0 aromatic heterocycles. The highest BCUT2D eigenvalue weighted by molar-refractivity contribution is 5.31. The van der Waals surface area contributed by atoms with Crippen LogP contribution in [-0.4, -0.2) is 38.0 Å². The van der Waals surface area contributed by atoms with Gasteiger partial charge in [0, 0.05) is 12.0 Å². The van der Waals surface area contributed by atoms with E-state index in [1.807, 2.05) is 18.0 Å². The molecule has 84 valence electrons. The molecule has 15 heavy (non-hydrogen) atoms. The summed E-state index contributed by atoms with van der Waals surface area (Å²) in [5.74, 6) is 0.130. The van der Waals surface area contributed by atoms with E-state index in [0.29, 0.717) is 13.3 Å². The van der Waals surface area contributed by atoms with Crippen LogP contribution in [0.1, 0.15) is 6.92 Å². The molecule has 0 aromatic carbocycles. The molecule has 1 saturated heterocycles. The molecule has 0 bridgehead atoms. The molecule has 1 fully saturated rings. The van der Waals surface area contributed by atoms with E-state index >= 15 is 0 Å². The summed E-state index contributed by atoms with van der Waals surface area (Å²) in [5.41, 5.74) is 0.718. The Morgan fingerprint density at radius 2 is 2.33 bits per heavy atom. The molecule has 0 aromatic rings. The molecule has 2 rings (SSSR count). The van der Waals surface area contributed by atoms with Crippen LogP contribution < -0.4 is 5.32 Å². The summed E-state index contributed by atoms with van der Waals surface area (Å²) < 4.78 is 18.9. The first kappa shape index (κ1) is 10.8. The molecule has 0 amide bonds. The number of halogens is 1. The van der Waals surface area contributed by atoms with E-state index in [0.717, 1.165) is 12.2 Å². The van der Waals surface area contributed by atoms with Gasteiger partial charge in [0.15, 0.2) is 0 Å². The lowest BCUT2D eigenvalue weighted by Crippen LogP contribution is -2.46. The van der Waals surface area contributed by atoms with E-state index in [-0.39, 0.29) is 17.8 Å². The molecular weight excluding hydrogens is 195 g/mol. The highest BCUT2D eigenvalue weighted by Crippen LogP contribution is 2.24. The third kappa shape index (κ3) is 2.45. The minimum absolute atomic E-state index is 0.0523. The predicted octanol–water partition coefficient (Wildman–Crippen LogP) is 1.25. The SMILES string of the molecule is CC1=CC2COCN(C)CNC2C=C1F. The van der Waals surface area contributed by atoms with Crippen LogP contribution >= 0.6 is 0 Å². The van der Waals surface area contributed by atoms with Crippen LogP contribution in [0.2, 0.25) is 0 Å². The van der Waals surface area contributed by atoms with Gasteiger partial charge in [0.05, 0.1) is 20.0 Å². The quantitative estimate of drug-likeness (QED) is 0.654. The van der Waals surface area contributed by atoms with Crippen molar-refractivity contribution in [3.8, 4) is 0 Å². The number of fused-ring (bicyclic) bond motifs is 1. The van der Waals surface area contributed by atoms with Gasteiger partial charge in [0.2, 0.25) is 0 Å². The van der Waals surface area contributed by atoms with E-state index in [4.69, 9.17) is 4.74 Å². The normalized spacial score (nSPS) is 33.5. The number of ether oxygens (including phenoxy) is 1. The number of nitrogens with zero attached hydrogens (tertiary/aromatic N) is 1.